The molecule has 0 fully saturated rings. The normalized spacial score (nSPS) is 14.3. The van der Waals surface area contributed by atoms with E-state index in [1.807, 2.05) is 0 Å². The van der Waals surface area contributed by atoms with Gasteiger partial charge < -0.3 is 10.6 Å². The molecule has 6 heteroatoms. The number of nitrogen functional groups attached to an aromatic ring is 1. The van der Waals surface area contributed by atoms with Crippen molar-refractivity contribution in [2.24, 2.45) is 0 Å². The molecule has 1 amide bonds. The van der Waals surface area contributed by atoms with E-state index >= 15 is 0 Å². The smallest absolute Gasteiger partial charge is 0.255 e. The minimum absolute atomic E-state index is 0.0121. The van der Waals surface area contributed by atoms with E-state index < -0.39 is 0 Å². The SMILES string of the molecule is Nc1n[nH]c2c1CCN(C(=O)c1cccnc1)C2. The zero-order valence-electron chi connectivity index (χ0n) is 9.76. The molecule has 1 aliphatic heterocycles. The number of H-pyrrole nitrogens is 1. The summed E-state index contributed by atoms with van der Waals surface area (Å²) < 4.78 is 0. The quantitative estimate of drug-likeness (QED) is 0.767. The lowest BCUT2D eigenvalue weighted by molar-refractivity contribution is 0.0732. The number of carbonyl (C=O) groups excluding carboxylic acids is 1. The second-order valence-corrected chi connectivity index (χ2v) is 4.28. The van der Waals surface area contributed by atoms with Gasteiger partial charge in [0.1, 0.15) is 5.82 Å². The van der Waals surface area contributed by atoms with E-state index in [-0.39, 0.29) is 5.91 Å². The maximum atomic E-state index is 12.2. The van der Waals surface area contributed by atoms with Crippen LogP contribution < -0.4 is 5.73 Å². The Balaban J connectivity index is 1.82. The first-order valence-electron chi connectivity index (χ1n) is 5.76. The number of hydrogen-bond acceptors (Lipinski definition) is 4. The van der Waals surface area contributed by atoms with E-state index in [0.717, 1.165) is 17.7 Å². The Morgan fingerprint density at radius 2 is 2.39 bits per heavy atom. The highest BCUT2D eigenvalue weighted by atomic mass is 16.2. The van der Waals surface area contributed by atoms with Gasteiger partial charge >= 0.3 is 0 Å². The molecule has 3 rings (SSSR count). The van der Waals surface area contributed by atoms with E-state index in [1.54, 1.807) is 29.4 Å². The van der Waals surface area contributed by atoms with Gasteiger partial charge in [-0.1, -0.05) is 0 Å². The van der Waals surface area contributed by atoms with Gasteiger partial charge in [0.2, 0.25) is 0 Å². The summed E-state index contributed by atoms with van der Waals surface area (Å²) in [4.78, 5) is 18.0. The third kappa shape index (κ3) is 1.71. The number of aromatic amines is 1. The van der Waals surface area contributed by atoms with E-state index in [1.165, 1.54) is 0 Å². The fourth-order valence-electron chi connectivity index (χ4n) is 2.19. The maximum Gasteiger partial charge on any atom is 0.255 e. The lowest BCUT2D eigenvalue weighted by Gasteiger charge is -2.26. The first-order valence-corrected chi connectivity index (χ1v) is 5.76. The van der Waals surface area contributed by atoms with Crippen LogP contribution in [0.15, 0.2) is 24.5 Å². The Kier molecular flexibility index (Phi) is 2.47. The molecule has 0 unspecified atom stereocenters. The maximum absolute atomic E-state index is 12.2. The Hall–Kier alpha value is -2.37. The Bertz CT molecular complexity index is 577. The summed E-state index contributed by atoms with van der Waals surface area (Å²) in [7, 11) is 0. The van der Waals surface area contributed by atoms with Crippen molar-refractivity contribution in [1.82, 2.24) is 20.1 Å². The summed E-state index contributed by atoms with van der Waals surface area (Å²) in [5.41, 5.74) is 8.30. The van der Waals surface area contributed by atoms with Gasteiger partial charge in [0, 0.05) is 24.5 Å². The number of anilines is 1. The number of carbonyl (C=O) groups is 1. The molecule has 0 aliphatic carbocycles. The van der Waals surface area contributed by atoms with Gasteiger partial charge in [-0.3, -0.25) is 14.9 Å². The lowest BCUT2D eigenvalue weighted by atomic mass is 10.1. The van der Waals surface area contributed by atoms with Gasteiger partial charge in [-0.05, 0) is 18.6 Å². The Morgan fingerprint density at radius 3 is 3.17 bits per heavy atom. The molecule has 2 aromatic heterocycles. The zero-order chi connectivity index (χ0) is 12.5. The molecule has 3 heterocycles. The van der Waals surface area contributed by atoms with Crippen molar-refractivity contribution >= 4 is 11.7 Å². The number of hydrogen-bond donors (Lipinski definition) is 2. The minimum Gasteiger partial charge on any atom is -0.382 e. The molecule has 18 heavy (non-hydrogen) atoms. The Morgan fingerprint density at radius 1 is 1.50 bits per heavy atom. The van der Waals surface area contributed by atoms with Gasteiger partial charge in [-0.15, -0.1) is 0 Å². The van der Waals surface area contributed by atoms with Crippen LogP contribution in [0.2, 0.25) is 0 Å². The van der Waals surface area contributed by atoms with Crippen molar-refractivity contribution < 1.29 is 4.79 Å². The van der Waals surface area contributed by atoms with Gasteiger partial charge in [-0.25, -0.2) is 0 Å². The number of rotatable bonds is 1. The van der Waals surface area contributed by atoms with Gasteiger partial charge in [0.25, 0.3) is 5.91 Å². The monoisotopic (exact) mass is 243 g/mol. The molecule has 1 aliphatic rings. The highest BCUT2D eigenvalue weighted by Gasteiger charge is 2.24. The molecule has 0 aromatic carbocycles. The summed E-state index contributed by atoms with van der Waals surface area (Å²) in [5, 5.41) is 6.84. The van der Waals surface area contributed by atoms with Crippen molar-refractivity contribution in [1.29, 1.82) is 0 Å². The van der Waals surface area contributed by atoms with Gasteiger partial charge in [0.15, 0.2) is 0 Å². The van der Waals surface area contributed by atoms with Crippen LogP contribution in [0, 0.1) is 0 Å². The van der Waals surface area contributed by atoms with Crippen LogP contribution in [0.25, 0.3) is 0 Å². The van der Waals surface area contributed by atoms with E-state index in [9.17, 15) is 4.79 Å². The van der Waals surface area contributed by atoms with Crippen LogP contribution in [-0.4, -0.2) is 32.5 Å². The predicted octanol–water partition coefficient (Wildman–Crippen LogP) is 0.585. The van der Waals surface area contributed by atoms with Gasteiger partial charge in [0.05, 0.1) is 17.8 Å². The molecule has 6 nitrogen and oxygen atoms in total. The molecule has 0 atom stereocenters. The zero-order valence-corrected chi connectivity index (χ0v) is 9.76. The summed E-state index contributed by atoms with van der Waals surface area (Å²) in [6.07, 6.45) is 3.98. The number of nitrogens with one attached hydrogen (secondary N) is 1. The second kappa shape index (κ2) is 4.14. The third-order valence-corrected chi connectivity index (χ3v) is 3.16. The summed E-state index contributed by atoms with van der Waals surface area (Å²) in [6.45, 7) is 1.18. The number of fused-ring (bicyclic) bond motifs is 1. The minimum atomic E-state index is -0.0121. The number of amides is 1. The van der Waals surface area contributed by atoms with Crippen LogP contribution in [-0.2, 0) is 13.0 Å². The fraction of sp³-hybridized carbons (Fsp3) is 0.250. The Labute approximate surface area is 104 Å². The standard InChI is InChI=1S/C12H13N5O/c13-11-9-3-5-17(7-10(9)15-16-11)12(18)8-2-1-4-14-6-8/h1-2,4,6H,3,5,7H2,(H3,13,15,16). The van der Waals surface area contributed by atoms with Crippen LogP contribution in [0.3, 0.4) is 0 Å². The molecule has 0 saturated carbocycles. The van der Waals surface area contributed by atoms with Crippen LogP contribution in [0.1, 0.15) is 21.6 Å². The number of pyridine rings is 1. The summed E-state index contributed by atoms with van der Waals surface area (Å²) in [6, 6.07) is 3.53. The highest BCUT2D eigenvalue weighted by molar-refractivity contribution is 5.94. The molecule has 3 N–H and O–H groups in total. The molecule has 0 spiro atoms. The number of nitrogens with two attached hydrogens (primary N) is 1. The largest absolute Gasteiger partial charge is 0.382 e. The summed E-state index contributed by atoms with van der Waals surface area (Å²) >= 11 is 0. The average Bonchev–Trinajstić information content (AvgIpc) is 2.80. The third-order valence-electron chi connectivity index (χ3n) is 3.16. The van der Waals surface area contributed by atoms with E-state index in [0.29, 0.717) is 24.5 Å². The summed E-state index contributed by atoms with van der Waals surface area (Å²) in [5.74, 6) is 0.528. The number of nitrogens with zero attached hydrogens (tertiary/aromatic N) is 3. The lowest BCUT2D eigenvalue weighted by Crippen LogP contribution is -2.36. The molecule has 0 radical (unpaired) electrons. The molecule has 0 saturated heterocycles. The van der Waals surface area contributed by atoms with E-state index in [2.05, 4.69) is 15.2 Å². The topological polar surface area (TPSA) is 87.9 Å². The van der Waals surface area contributed by atoms with Gasteiger partial charge in [-0.2, -0.15) is 5.10 Å². The van der Waals surface area contributed by atoms with Crippen molar-refractivity contribution in [3.63, 3.8) is 0 Å². The fourth-order valence-corrected chi connectivity index (χ4v) is 2.19. The molecular weight excluding hydrogens is 230 g/mol. The molecule has 2 aromatic rings. The van der Waals surface area contributed by atoms with Crippen molar-refractivity contribution in [2.75, 3.05) is 12.3 Å². The number of aromatic nitrogens is 3. The van der Waals surface area contributed by atoms with Crippen LogP contribution in [0.5, 0.6) is 0 Å². The van der Waals surface area contributed by atoms with Crippen molar-refractivity contribution in [3.05, 3.63) is 41.3 Å². The second-order valence-electron chi connectivity index (χ2n) is 4.28. The van der Waals surface area contributed by atoms with E-state index in [4.69, 9.17) is 5.73 Å². The van der Waals surface area contributed by atoms with Crippen LogP contribution >= 0.6 is 0 Å². The van der Waals surface area contributed by atoms with Crippen LogP contribution in [0.4, 0.5) is 5.82 Å². The molecule has 0 bridgehead atoms. The molecular formula is C12H13N5O. The first kappa shape index (κ1) is 10.8. The highest BCUT2D eigenvalue weighted by Crippen LogP contribution is 2.22. The molecule has 92 valence electrons. The first-order chi connectivity index (χ1) is 8.75. The van der Waals surface area contributed by atoms with Crippen molar-refractivity contribution in [2.45, 2.75) is 13.0 Å². The predicted molar refractivity (Wildman–Crippen MR) is 65.7 cm³/mol. The van der Waals surface area contributed by atoms with Crippen molar-refractivity contribution in [3.8, 4) is 0 Å². The average molecular weight is 243 g/mol.